The number of rotatable bonds is 4. The van der Waals surface area contributed by atoms with E-state index in [0.717, 1.165) is 27.7 Å². The van der Waals surface area contributed by atoms with E-state index in [-0.39, 0.29) is 0 Å². The minimum Gasteiger partial charge on any atom is -0.360 e. The maximum Gasteiger partial charge on any atom is 0.136 e. The predicted molar refractivity (Wildman–Crippen MR) is 114 cm³/mol. The Balaban J connectivity index is 1.62. The van der Waals surface area contributed by atoms with E-state index >= 15 is 0 Å². The summed E-state index contributed by atoms with van der Waals surface area (Å²) < 4.78 is 0. The van der Waals surface area contributed by atoms with Gasteiger partial charge in [-0.1, -0.05) is 60.1 Å². The van der Waals surface area contributed by atoms with Gasteiger partial charge in [-0.05, 0) is 23.6 Å². The van der Waals surface area contributed by atoms with Crippen molar-refractivity contribution in [3.63, 3.8) is 0 Å². The number of thiazole rings is 1. The highest BCUT2D eigenvalue weighted by atomic mass is 35.5. The van der Waals surface area contributed by atoms with Gasteiger partial charge in [0.15, 0.2) is 0 Å². The summed E-state index contributed by atoms with van der Waals surface area (Å²) in [6.07, 6.45) is 1.71. The first-order chi connectivity index (χ1) is 13.2. The van der Waals surface area contributed by atoms with Crippen LogP contribution < -0.4 is 5.32 Å². The van der Waals surface area contributed by atoms with Crippen molar-refractivity contribution >= 4 is 45.0 Å². The second-order valence-electron chi connectivity index (χ2n) is 5.89. The average Bonchev–Trinajstić information content (AvgIpc) is 3.19. The van der Waals surface area contributed by atoms with Crippen LogP contribution in [0.3, 0.4) is 0 Å². The number of hydrogen-bond donors (Lipinski definition) is 1. The Morgan fingerprint density at radius 2 is 1.81 bits per heavy atom. The lowest BCUT2D eigenvalue weighted by Crippen LogP contribution is -1.92. The lowest BCUT2D eigenvalue weighted by Gasteiger charge is -2.06. The van der Waals surface area contributed by atoms with E-state index in [1.165, 1.54) is 11.3 Å². The third-order valence-electron chi connectivity index (χ3n) is 4.16. The molecule has 0 saturated carbocycles. The van der Waals surface area contributed by atoms with Gasteiger partial charge in [-0.25, -0.2) is 4.98 Å². The zero-order chi connectivity index (χ0) is 18.6. The topological polar surface area (TPSA) is 48.7 Å². The summed E-state index contributed by atoms with van der Waals surface area (Å²) in [5.74, 6) is 0. The predicted octanol–water partition coefficient (Wildman–Crippen LogP) is 6.59. The summed E-state index contributed by atoms with van der Waals surface area (Å²) >= 11 is 7.39. The van der Waals surface area contributed by atoms with Crippen LogP contribution in [0.4, 0.5) is 5.69 Å². The Labute approximate surface area is 166 Å². The Kier molecular flexibility index (Phi) is 4.88. The molecule has 0 unspecified atom stereocenters. The molecule has 0 saturated heterocycles. The molecule has 1 heterocycles. The van der Waals surface area contributed by atoms with Crippen molar-refractivity contribution in [3.05, 3.63) is 88.3 Å². The lowest BCUT2D eigenvalue weighted by atomic mass is 10.1. The Morgan fingerprint density at radius 1 is 1.04 bits per heavy atom. The number of fused-ring (bicyclic) bond motifs is 1. The van der Waals surface area contributed by atoms with Crippen LogP contribution in [0.1, 0.15) is 5.01 Å². The number of halogens is 1. The van der Waals surface area contributed by atoms with Gasteiger partial charge in [0.05, 0.1) is 5.69 Å². The molecule has 4 rings (SSSR count). The molecule has 27 heavy (non-hydrogen) atoms. The van der Waals surface area contributed by atoms with Crippen LogP contribution in [0, 0.1) is 11.3 Å². The minimum absolute atomic E-state index is 0.494. The Bertz CT molecular complexity index is 1160. The van der Waals surface area contributed by atoms with Crippen molar-refractivity contribution in [2.75, 3.05) is 5.32 Å². The summed E-state index contributed by atoms with van der Waals surface area (Å²) in [6.45, 7) is 0. The fraction of sp³-hybridized carbons (Fsp3) is 0. The monoisotopic (exact) mass is 387 g/mol. The molecular weight excluding hydrogens is 374 g/mol. The molecule has 0 fully saturated rings. The van der Waals surface area contributed by atoms with E-state index in [9.17, 15) is 5.26 Å². The number of anilines is 1. The van der Waals surface area contributed by atoms with Crippen molar-refractivity contribution in [2.24, 2.45) is 0 Å². The van der Waals surface area contributed by atoms with Gasteiger partial charge in [0.2, 0.25) is 0 Å². The zero-order valence-electron chi connectivity index (χ0n) is 14.2. The van der Waals surface area contributed by atoms with Gasteiger partial charge in [0, 0.05) is 33.2 Å². The molecule has 1 N–H and O–H groups in total. The second kappa shape index (κ2) is 7.63. The molecule has 0 aliphatic carbocycles. The molecule has 0 radical (unpaired) electrons. The normalized spacial score (nSPS) is 11.3. The van der Waals surface area contributed by atoms with Gasteiger partial charge < -0.3 is 5.32 Å². The highest BCUT2D eigenvalue weighted by Gasteiger charge is 2.09. The molecule has 4 aromatic rings. The number of nitriles is 1. The third-order valence-corrected chi connectivity index (χ3v) is 5.28. The molecule has 0 amide bonds. The Morgan fingerprint density at radius 3 is 2.63 bits per heavy atom. The second-order valence-corrected chi connectivity index (χ2v) is 7.18. The van der Waals surface area contributed by atoms with Crippen LogP contribution in [0.15, 0.2) is 78.3 Å². The summed E-state index contributed by atoms with van der Waals surface area (Å²) in [6, 6.07) is 23.9. The smallest absolute Gasteiger partial charge is 0.136 e. The van der Waals surface area contributed by atoms with Crippen LogP contribution in [-0.4, -0.2) is 4.98 Å². The van der Waals surface area contributed by atoms with Gasteiger partial charge >= 0.3 is 0 Å². The van der Waals surface area contributed by atoms with Crippen molar-refractivity contribution < 1.29 is 0 Å². The molecule has 1 aromatic heterocycles. The van der Waals surface area contributed by atoms with Crippen LogP contribution >= 0.6 is 22.9 Å². The number of nitrogens with one attached hydrogen (secondary N) is 1. The van der Waals surface area contributed by atoms with Crippen molar-refractivity contribution in [3.8, 4) is 17.3 Å². The van der Waals surface area contributed by atoms with E-state index in [1.54, 1.807) is 6.20 Å². The number of nitrogens with zero attached hydrogens (tertiary/aromatic N) is 2. The molecule has 0 atom stereocenters. The van der Waals surface area contributed by atoms with E-state index in [2.05, 4.69) is 34.6 Å². The molecule has 5 heteroatoms. The zero-order valence-corrected chi connectivity index (χ0v) is 15.8. The summed E-state index contributed by atoms with van der Waals surface area (Å²) in [4.78, 5) is 4.60. The lowest BCUT2D eigenvalue weighted by molar-refractivity contribution is 1.36. The van der Waals surface area contributed by atoms with Crippen molar-refractivity contribution in [1.82, 2.24) is 4.98 Å². The largest absolute Gasteiger partial charge is 0.360 e. The SMILES string of the molecule is N#CC(=CNc1cccc2ccccc12)c1nc(-c2ccc(Cl)cc2)cs1. The van der Waals surface area contributed by atoms with Gasteiger partial charge in [-0.3, -0.25) is 0 Å². The van der Waals surface area contributed by atoms with Crippen LogP contribution in [0.25, 0.3) is 27.6 Å². The quantitative estimate of drug-likeness (QED) is 0.401. The molecule has 3 aromatic carbocycles. The third kappa shape index (κ3) is 3.70. The number of benzene rings is 3. The highest BCUT2D eigenvalue weighted by Crippen LogP contribution is 2.28. The van der Waals surface area contributed by atoms with Gasteiger partial charge in [-0.2, -0.15) is 5.26 Å². The minimum atomic E-state index is 0.494. The number of aromatic nitrogens is 1. The van der Waals surface area contributed by atoms with Gasteiger partial charge in [-0.15, -0.1) is 11.3 Å². The first-order valence-electron chi connectivity index (χ1n) is 8.31. The molecule has 130 valence electrons. The van der Waals surface area contributed by atoms with E-state index in [4.69, 9.17) is 11.6 Å². The molecule has 0 aliphatic rings. The van der Waals surface area contributed by atoms with E-state index in [0.29, 0.717) is 15.6 Å². The highest BCUT2D eigenvalue weighted by molar-refractivity contribution is 7.11. The van der Waals surface area contributed by atoms with Gasteiger partial charge in [0.1, 0.15) is 16.6 Å². The first-order valence-corrected chi connectivity index (χ1v) is 9.57. The van der Waals surface area contributed by atoms with Gasteiger partial charge in [0.25, 0.3) is 0 Å². The Hall–Kier alpha value is -3.13. The first kappa shape index (κ1) is 17.3. The fourth-order valence-corrected chi connectivity index (χ4v) is 3.71. The van der Waals surface area contributed by atoms with Crippen LogP contribution in [0.5, 0.6) is 0 Å². The summed E-state index contributed by atoms with van der Waals surface area (Å²) in [5, 5.41) is 18.4. The van der Waals surface area contributed by atoms with Crippen LogP contribution in [0.2, 0.25) is 5.02 Å². The summed E-state index contributed by atoms with van der Waals surface area (Å²) in [7, 11) is 0. The van der Waals surface area contributed by atoms with Crippen LogP contribution in [-0.2, 0) is 0 Å². The molecule has 0 aliphatic heterocycles. The van der Waals surface area contributed by atoms with Crippen molar-refractivity contribution in [1.29, 1.82) is 5.26 Å². The van der Waals surface area contributed by atoms with E-state index in [1.807, 2.05) is 53.9 Å². The molecular formula is C22H14ClN3S. The van der Waals surface area contributed by atoms with Crippen molar-refractivity contribution in [2.45, 2.75) is 0 Å². The number of allylic oxidation sites excluding steroid dienone is 1. The number of hydrogen-bond acceptors (Lipinski definition) is 4. The maximum absolute atomic E-state index is 9.58. The molecule has 3 nitrogen and oxygen atoms in total. The average molecular weight is 388 g/mol. The fourth-order valence-electron chi connectivity index (χ4n) is 2.79. The molecule has 0 bridgehead atoms. The standard InChI is InChI=1S/C22H14ClN3S/c23-18-10-8-16(9-11-18)21-14-27-22(26-21)17(12-24)13-25-20-7-3-5-15-4-1-2-6-19(15)20/h1-11,13-14,25H. The maximum atomic E-state index is 9.58. The summed E-state index contributed by atoms with van der Waals surface area (Å²) in [5.41, 5.74) is 3.25. The molecule has 0 spiro atoms. The van der Waals surface area contributed by atoms with E-state index < -0.39 is 0 Å².